The van der Waals surface area contributed by atoms with E-state index in [-0.39, 0.29) is 30.8 Å². The highest BCUT2D eigenvalue weighted by molar-refractivity contribution is 5.67. The molecule has 0 aromatic carbocycles. The second-order valence-corrected chi connectivity index (χ2v) is 7.59. The Labute approximate surface area is 141 Å². The highest BCUT2D eigenvalue weighted by Gasteiger charge is 2.35. The molecule has 0 atom stereocenters. The monoisotopic (exact) mass is 330 g/mol. The molecule has 0 bridgehead atoms. The molecule has 0 rings (SSSR count). The first kappa shape index (κ1) is 21.5. The van der Waals surface area contributed by atoms with Crippen LogP contribution in [0.15, 0.2) is 0 Å². The number of carbonyl (C=O) groups excluding carboxylic acids is 2. The van der Waals surface area contributed by atoms with Crippen LogP contribution in [0, 0.1) is 17.3 Å². The fourth-order valence-corrected chi connectivity index (χ4v) is 2.78. The number of nitrogens with zero attached hydrogens (tertiary/aromatic N) is 2. The van der Waals surface area contributed by atoms with Crippen LogP contribution < -0.4 is 0 Å². The molecule has 23 heavy (non-hydrogen) atoms. The van der Waals surface area contributed by atoms with Crippen molar-refractivity contribution in [3.05, 3.63) is 0 Å². The highest BCUT2D eigenvalue weighted by atomic mass is 16.6. The third-order valence-corrected chi connectivity index (χ3v) is 3.42. The molecule has 0 unspecified atom stereocenters. The summed E-state index contributed by atoms with van der Waals surface area (Å²) in [5.74, 6) is 0.815. The lowest BCUT2D eigenvalue weighted by atomic mass is 9.75. The van der Waals surface area contributed by atoms with Crippen molar-refractivity contribution in [1.29, 1.82) is 0 Å². The fourth-order valence-electron chi connectivity index (χ4n) is 2.78. The quantitative estimate of drug-likeness (QED) is 0.684. The van der Waals surface area contributed by atoms with Gasteiger partial charge < -0.3 is 19.3 Å². The van der Waals surface area contributed by atoms with Crippen molar-refractivity contribution in [2.75, 3.05) is 41.4 Å². The Kier molecular flexibility index (Phi) is 9.02. The zero-order valence-corrected chi connectivity index (χ0v) is 16.0. The van der Waals surface area contributed by atoms with E-state index in [1.807, 2.05) is 0 Å². The van der Waals surface area contributed by atoms with E-state index in [2.05, 4.69) is 27.7 Å². The van der Waals surface area contributed by atoms with Crippen molar-refractivity contribution < 1.29 is 19.1 Å². The van der Waals surface area contributed by atoms with Crippen molar-refractivity contribution >= 4 is 12.2 Å². The maximum Gasteiger partial charge on any atom is 0.409 e. The molecule has 6 heteroatoms. The minimum Gasteiger partial charge on any atom is -0.449 e. The number of rotatable bonds is 8. The van der Waals surface area contributed by atoms with Crippen LogP contribution in [0.3, 0.4) is 0 Å². The lowest BCUT2D eigenvalue weighted by Gasteiger charge is -2.36. The van der Waals surface area contributed by atoms with Gasteiger partial charge in [-0.2, -0.15) is 0 Å². The first-order valence-electron chi connectivity index (χ1n) is 8.17. The lowest BCUT2D eigenvalue weighted by Crippen LogP contribution is -2.39. The molecule has 0 aliphatic heterocycles. The summed E-state index contributed by atoms with van der Waals surface area (Å²) in [5, 5.41) is 0. The predicted molar refractivity (Wildman–Crippen MR) is 91.4 cm³/mol. The van der Waals surface area contributed by atoms with Gasteiger partial charge in [-0.25, -0.2) is 9.59 Å². The molecule has 0 fully saturated rings. The van der Waals surface area contributed by atoms with Gasteiger partial charge in [-0.05, 0) is 24.7 Å². The second kappa shape index (κ2) is 9.63. The largest absolute Gasteiger partial charge is 0.449 e. The lowest BCUT2D eigenvalue weighted by molar-refractivity contribution is -0.0106. The second-order valence-electron chi connectivity index (χ2n) is 7.59. The maximum absolute atomic E-state index is 11.8. The van der Waals surface area contributed by atoms with E-state index in [4.69, 9.17) is 9.47 Å². The molecule has 0 radical (unpaired) electrons. The summed E-state index contributed by atoms with van der Waals surface area (Å²) in [6.07, 6.45) is 0.904. The zero-order valence-electron chi connectivity index (χ0n) is 16.0. The summed E-state index contributed by atoms with van der Waals surface area (Å²) in [5.41, 5.74) is -0.361. The van der Waals surface area contributed by atoms with E-state index >= 15 is 0 Å². The molecule has 136 valence electrons. The van der Waals surface area contributed by atoms with E-state index < -0.39 is 0 Å². The van der Waals surface area contributed by atoms with Gasteiger partial charge >= 0.3 is 12.2 Å². The van der Waals surface area contributed by atoms with Gasteiger partial charge in [0.25, 0.3) is 0 Å². The third kappa shape index (κ3) is 8.67. The van der Waals surface area contributed by atoms with Crippen molar-refractivity contribution in [1.82, 2.24) is 9.80 Å². The van der Waals surface area contributed by atoms with Crippen molar-refractivity contribution in [3.8, 4) is 0 Å². The van der Waals surface area contributed by atoms with Crippen molar-refractivity contribution in [3.63, 3.8) is 0 Å². The SMILES string of the molecule is CC(C)CC(COC(=O)N(C)C)(COC(=O)N(C)C)CC(C)C. The summed E-state index contributed by atoms with van der Waals surface area (Å²) in [7, 11) is 6.61. The molecule has 6 nitrogen and oxygen atoms in total. The van der Waals surface area contributed by atoms with Crippen LogP contribution in [0.1, 0.15) is 40.5 Å². The Hall–Kier alpha value is -1.46. The van der Waals surface area contributed by atoms with E-state index in [9.17, 15) is 9.59 Å². The third-order valence-electron chi connectivity index (χ3n) is 3.42. The summed E-state index contributed by atoms with van der Waals surface area (Å²) >= 11 is 0. The molecule has 0 heterocycles. The van der Waals surface area contributed by atoms with Crippen LogP contribution in [0.25, 0.3) is 0 Å². The minimum atomic E-state index is -0.374. The Morgan fingerprint density at radius 1 is 0.783 bits per heavy atom. The standard InChI is InChI=1S/C17H34N2O4/c1-13(2)9-17(10-14(3)4,11-22-15(20)18(5)6)12-23-16(21)19(7)8/h13-14H,9-12H2,1-8H3. The first-order chi connectivity index (χ1) is 10.5. The van der Waals surface area contributed by atoms with Gasteiger partial charge in [0.2, 0.25) is 0 Å². The van der Waals surface area contributed by atoms with E-state index in [1.165, 1.54) is 9.80 Å². The normalized spacial score (nSPS) is 11.6. The molecule has 0 aromatic heterocycles. The minimum absolute atomic E-state index is 0.251. The van der Waals surface area contributed by atoms with Gasteiger partial charge in [0, 0.05) is 33.6 Å². The average Bonchev–Trinajstić information content (AvgIpc) is 2.40. The van der Waals surface area contributed by atoms with Gasteiger partial charge in [0.15, 0.2) is 0 Å². The van der Waals surface area contributed by atoms with Gasteiger partial charge in [-0.15, -0.1) is 0 Å². The zero-order chi connectivity index (χ0) is 18.2. The molecular formula is C17H34N2O4. The summed E-state index contributed by atoms with van der Waals surface area (Å²) < 4.78 is 10.9. The Balaban J connectivity index is 5.15. The van der Waals surface area contributed by atoms with E-state index in [1.54, 1.807) is 28.2 Å². The molecule has 0 spiro atoms. The average molecular weight is 330 g/mol. The van der Waals surface area contributed by atoms with Gasteiger partial charge in [-0.1, -0.05) is 27.7 Å². The first-order valence-corrected chi connectivity index (χ1v) is 8.17. The van der Waals surface area contributed by atoms with Crippen LogP contribution in [0.5, 0.6) is 0 Å². The molecule has 2 amide bonds. The molecule has 0 N–H and O–H groups in total. The molecule has 0 saturated heterocycles. The van der Waals surface area contributed by atoms with Crippen LogP contribution in [-0.2, 0) is 9.47 Å². The van der Waals surface area contributed by atoms with E-state index in [0.717, 1.165) is 12.8 Å². The number of hydrogen-bond acceptors (Lipinski definition) is 4. The number of amides is 2. The highest BCUT2D eigenvalue weighted by Crippen LogP contribution is 2.35. The summed E-state index contributed by atoms with van der Waals surface area (Å²) in [6.45, 7) is 8.99. The van der Waals surface area contributed by atoms with Gasteiger partial charge in [-0.3, -0.25) is 0 Å². The number of ether oxygens (including phenoxy) is 2. The van der Waals surface area contributed by atoms with Crippen molar-refractivity contribution in [2.24, 2.45) is 17.3 Å². The van der Waals surface area contributed by atoms with Gasteiger partial charge in [0.1, 0.15) is 13.2 Å². The molecule has 0 saturated carbocycles. The van der Waals surface area contributed by atoms with Crippen LogP contribution >= 0.6 is 0 Å². The van der Waals surface area contributed by atoms with Gasteiger partial charge in [0.05, 0.1) is 0 Å². The maximum atomic E-state index is 11.8. The topological polar surface area (TPSA) is 59.1 Å². The molecule has 0 aliphatic carbocycles. The number of carbonyl (C=O) groups is 2. The summed E-state index contributed by atoms with van der Waals surface area (Å²) in [4.78, 5) is 26.4. The molecule has 0 aliphatic rings. The molecule has 0 aromatic rings. The fraction of sp³-hybridized carbons (Fsp3) is 0.882. The van der Waals surface area contributed by atoms with Crippen LogP contribution in [-0.4, -0.2) is 63.4 Å². The van der Waals surface area contributed by atoms with E-state index in [0.29, 0.717) is 11.8 Å². The molecular weight excluding hydrogens is 296 g/mol. The van der Waals surface area contributed by atoms with Crippen molar-refractivity contribution in [2.45, 2.75) is 40.5 Å². The predicted octanol–water partition coefficient (Wildman–Crippen LogP) is 3.46. The van der Waals surface area contributed by atoms with Crippen LogP contribution in [0.4, 0.5) is 9.59 Å². The Morgan fingerprint density at radius 2 is 1.09 bits per heavy atom. The smallest absolute Gasteiger partial charge is 0.409 e. The summed E-state index contributed by atoms with van der Waals surface area (Å²) in [6, 6.07) is 0. The Bertz CT molecular complexity index is 343. The Morgan fingerprint density at radius 3 is 1.30 bits per heavy atom. The van der Waals surface area contributed by atoms with Crippen LogP contribution in [0.2, 0.25) is 0 Å². The number of hydrogen-bond donors (Lipinski definition) is 0.